The molecule has 0 bridgehead atoms. The molecule has 0 aromatic heterocycles. The van der Waals surface area contributed by atoms with E-state index in [2.05, 4.69) is 4.90 Å². The van der Waals surface area contributed by atoms with Crippen molar-refractivity contribution in [1.29, 1.82) is 0 Å². The third-order valence-corrected chi connectivity index (χ3v) is 3.89. The number of carboxylic acid groups (broad SMARTS) is 1. The molecule has 2 unspecified atom stereocenters. The number of piperidine rings is 1. The minimum absolute atomic E-state index is 0.167. The summed E-state index contributed by atoms with van der Waals surface area (Å²) in [6.45, 7) is 3.68. The van der Waals surface area contributed by atoms with Crippen LogP contribution in [-0.2, 0) is 4.79 Å². The Bertz CT molecular complexity index is 335. The third-order valence-electron chi connectivity index (χ3n) is 3.89. The summed E-state index contributed by atoms with van der Waals surface area (Å²) in [7, 11) is 5.37. The minimum atomic E-state index is -0.951. The fourth-order valence-corrected chi connectivity index (χ4v) is 2.61. The summed E-state index contributed by atoms with van der Waals surface area (Å²) in [6.07, 6.45) is 2.46. The van der Waals surface area contributed by atoms with E-state index < -0.39 is 12.0 Å². The van der Waals surface area contributed by atoms with Crippen LogP contribution in [0.2, 0.25) is 0 Å². The van der Waals surface area contributed by atoms with Gasteiger partial charge in [0.2, 0.25) is 0 Å². The maximum Gasteiger partial charge on any atom is 0.326 e. The molecule has 1 aliphatic heterocycles. The third kappa shape index (κ3) is 3.83. The second-order valence-corrected chi connectivity index (χ2v) is 5.32. The van der Waals surface area contributed by atoms with E-state index in [4.69, 9.17) is 5.11 Å². The van der Waals surface area contributed by atoms with Gasteiger partial charge in [-0.2, -0.15) is 0 Å². The molecule has 0 aliphatic carbocycles. The van der Waals surface area contributed by atoms with Crippen molar-refractivity contribution in [3.05, 3.63) is 0 Å². The lowest BCUT2D eigenvalue weighted by Gasteiger charge is -2.38. The van der Waals surface area contributed by atoms with Gasteiger partial charge in [0, 0.05) is 26.7 Å². The first-order chi connectivity index (χ1) is 8.88. The number of aliphatic carboxylic acids is 1. The Hall–Kier alpha value is -1.30. The molecule has 1 saturated heterocycles. The zero-order valence-corrected chi connectivity index (χ0v) is 12.3. The van der Waals surface area contributed by atoms with E-state index in [0.29, 0.717) is 6.42 Å². The molecule has 2 atom stereocenters. The normalized spacial score (nSPS) is 21.8. The van der Waals surface area contributed by atoms with Crippen molar-refractivity contribution in [2.45, 2.75) is 38.3 Å². The summed E-state index contributed by atoms with van der Waals surface area (Å²) in [5.74, 6) is -0.951. The average Bonchev–Trinajstić information content (AvgIpc) is 2.37. The quantitative estimate of drug-likeness (QED) is 0.826. The molecule has 1 rings (SSSR count). The fourth-order valence-electron chi connectivity index (χ4n) is 2.61. The molecule has 0 aromatic carbocycles. The van der Waals surface area contributed by atoms with Gasteiger partial charge in [0.25, 0.3) is 0 Å². The predicted octanol–water partition coefficient (Wildman–Crippen LogP) is 0.927. The van der Waals surface area contributed by atoms with Crippen LogP contribution in [0.3, 0.4) is 0 Å². The Morgan fingerprint density at radius 1 is 1.42 bits per heavy atom. The smallest absolute Gasteiger partial charge is 0.326 e. The molecule has 1 aliphatic rings. The highest BCUT2D eigenvalue weighted by molar-refractivity contribution is 5.82. The fraction of sp³-hybridized carbons (Fsp3) is 0.846. The van der Waals surface area contributed by atoms with Crippen molar-refractivity contribution in [1.82, 2.24) is 14.7 Å². The number of amides is 2. The molecular formula is C13H25N3O3. The van der Waals surface area contributed by atoms with E-state index in [0.717, 1.165) is 25.9 Å². The highest BCUT2D eigenvalue weighted by Crippen LogP contribution is 2.16. The largest absolute Gasteiger partial charge is 0.480 e. The molecule has 0 saturated carbocycles. The maximum absolute atomic E-state index is 12.3. The molecule has 19 heavy (non-hydrogen) atoms. The van der Waals surface area contributed by atoms with Crippen LogP contribution < -0.4 is 0 Å². The Morgan fingerprint density at radius 3 is 2.53 bits per heavy atom. The second-order valence-electron chi connectivity index (χ2n) is 5.32. The lowest BCUT2D eigenvalue weighted by atomic mass is 10.1. The maximum atomic E-state index is 12.3. The van der Waals surface area contributed by atoms with Crippen LogP contribution in [0.1, 0.15) is 26.2 Å². The summed E-state index contributed by atoms with van der Waals surface area (Å²) in [4.78, 5) is 28.6. The lowest BCUT2D eigenvalue weighted by Crippen LogP contribution is -2.54. The van der Waals surface area contributed by atoms with Crippen LogP contribution in [-0.4, -0.2) is 78.1 Å². The molecule has 0 aromatic rings. The highest BCUT2D eigenvalue weighted by atomic mass is 16.4. The van der Waals surface area contributed by atoms with Gasteiger partial charge in [-0.15, -0.1) is 0 Å². The monoisotopic (exact) mass is 271 g/mol. The SMILES string of the molecule is CCC(C(=O)O)N(C)C(=O)N(C)C1CCCN(C)C1. The number of nitrogens with zero attached hydrogens (tertiary/aromatic N) is 3. The number of hydrogen-bond donors (Lipinski definition) is 1. The molecular weight excluding hydrogens is 246 g/mol. The zero-order chi connectivity index (χ0) is 14.6. The molecule has 2 amide bonds. The number of urea groups is 1. The summed E-state index contributed by atoms with van der Waals surface area (Å²) in [6, 6.07) is -0.800. The van der Waals surface area contributed by atoms with Crippen LogP contribution in [0.4, 0.5) is 4.79 Å². The lowest BCUT2D eigenvalue weighted by molar-refractivity contribution is -0.142. The second kappa shape index (κ2) is 6.75. The molecule has 110 valence electrons. The number of likely N-dealkylation sites (N-methyl/N-ethyl adjacent to an activating group) is 3. The molecule has 1 N–H and O–H groups in total. The zero-order valence-electron chi connectivity index (χ0n) is 12.3. The van der Waals surface area contributed by atoms with Crippen LogP contribution in [0, 0.1) is 0 Å². The van der Waals surface area contributed by atoms with Crippen molar-refractivity contribution >= 4 is 12.0 Å². The van der Waals surface area contributed by atoms with Gasteiger partial charge in [-0.3, -0.25) is 0 Å². The topological polar surface area (TPSA) is 64.1 Å². The minimum Gasteiger partial charge on any atom is -0.480 e. The van der Waals surface area contributed by atoms with E-state index in [1.807, 2.05) is 7.05 Å². The van der Waals surface area contributed by atoms with Crippen molar-refractivity contribution in [3.63, 3.8) is 0 Å². The summed E-state index contributed by atoms with van der Waals surface area (Å²) < 4.78 is 0. The van der Waals surface area contributed by atoms with Gasteiger partial charge in [0.1, 0.15) is 6.04 Å². The van der Waals surface area contributed by atoms with Crippen molar-refractivity contribution in [2.24, 2.45) is 0 Å². The first-order valence-electron chi connectivity index (χ1n) is 6.79. The van der Waals surface area contributed by atoms with E-state index >= 15 is 0 Å². The molecule has 6 heteroatoms. The number of hydrogen-bond acceptors (Lipinski definition) is 3. The summed E-state index contributed by atoms with van der Waals surface area (Å²) >= 11 is 0. The molecule has 0 radical (unpaired) electrons. The molecule has 6 nitrogen and oxygen atoms in total. The van der Waals surface area contributed by atoms with Crippen LogP contribution in [0.15, 0.2) is 0 Å². The van der Waals surface area contributed by atoms with E-state index in [1.54, 1.807) is 25.9 Å². The number of rotatable bonds is 4. The highest BCUT2D eigenvalue weighted by Gasteiger charge is 2.31. The predicted molar refractivity (Wildman–Crippen MR) is 73.2 cm³/mol. The summed E-state index contributed by atoms with van der Waals surface area (Å²) in [5.41, 5.74) is 0. The van der Waals surface area contributed by atoms with Crippen LogP contribution >= 0.6 is 0 Å². The van der Waals surface area contributed by atoms with Gasteiger partial charge < -0.3 is 19.8 Å². The number of carboxylic acids is 1. The number of carbonyl (C=O) groups is 2. The van der Waals surface area contributed by atoms with Crippen molar-refractivity contribution < 1.29 is 14.7 Å². The number of carbonyl (C=O) groups excluding carboxylic acids is 1. The van der Waals surface area contributed by atoms with Crippen LogP contribution in [0.25, 0.3) is 0 Å². The van der Waals surface area contributed by atoms with Gasteiger partial charge >= 0.3 is 12.0 Å². The van der Waals surface area contributed by atoms with Gasteiger partial charge in [0.15, 0.2) is 0 Å². The Kier molecular flexibility index (Phi) is 5.60. The molecule has 1 heterocycles. The van der Waals surface area contributed by atoms with Crippen molar-refractivity contribution in [2.75, 3.05) is 34.2 Å². The van der Waals surface area contributed by atoms with Gasteiger partial charge in [-0.05, 0) is 32.9 Å². The molecule has 1 fully saturated rings. The Labute approximate surface area is 115 Å². The van der Waals surface area contributed by atoms with Gasteiger partial charge in [-0.25, -0.2) is 9.59 Å². The van der Waals surface area contributed by atoms with Crippen molar-refractivity contribution in [3.8, 4) is 0 Å². The summed E-state index contributed by atoms with van der Waals surface area (Å²) in [5, 5.41) is 9.11. The average molecular weight is 271 g/mol. The standard InChI is InChI=1S/C13H25N3O3/c1-5-11(12(17)18)16(4)13(19)15(3)10-7-6-8-14(2)9-10/h10-11H,5-9H2,1-4H3,(H,17,18). The Balaban J connectivity index is 2.67. The van der Waals surface area contributed by atoms with E-state index in [9.17, 15) is 9.59 Å². The first-order valence-corrected chi connectivity index (χ1v) is 6.79. The van der Waals surface area contributed by atoms with Gasteiger partial charge in [-0.1, -0.05) is 6.92 Å². The van der Waals surface area contributed by atoms with Gasteiger partial charge in [0.05, 0.1) is 0 Å². The first kappa shape index (κ1) is 15.8. The van der Waals surface area contributed by atoms with E-state index in [-0.39, 0.29) is 12.1 Å². The number of likely N-dealkylation sites (tertiary alicyclic amines) is 1. The Morgan fingerprint density at radius 2 is 2.05 bits per heavy atom. The van der Waals surface area contributed by atoms with E-state index in [1.165, 1.54) is 4.90 Å². The molecule has 0 spiro atoms. The van der Waals surface area contributed by atoms with Crippen LogP contribution in [0.5, 0.6) is 0 Å².